The Hall–Kier alpha value is -9.76. The first-order valence-electron chi connectivity index (χ1n) is 26.8. The molecule has 2 heterocycles. The molecule has 0 N–H and O–H groups in total. The number of rotatable bonds is 8. The molecular weight excluding hydrogens is 929 g/mol. The van der Waals surface area contributed by atoms with Crippen LogP contribution in [0.15, 0.2) is 255 Å². The monoisotopic (exact) mass is 980 g/mol. The number of para-hydroxylation sites is 2. The summed E-state index contributed by atoms with van der Waals surface area (Å²) in [4.78, 5) is 0. The van der Waals surface area contributed by atoms with Gasteiger partial charge in [-0.3, -0.25) is 0 Å². The van der Waals surface area contributed by atoms with Crippen molar-refractivity contribution >= 4 is 89.5 Å². The van der Waals surface area contributed by atoms with E-state index in [4.69, 9.17) is 0 Å². The summed E-state index contributed by atoms with van der Waals surface area (Å²) >= 11 is 0. The van der Waals surface area contributed by atoms with Crippen LogP contribution in [0.25, 0.3) is 134 Å². The van der Waals surface area contributed by atoms with Gasteiger partial charge in [-0.25, -0.2) is 0 Å². The molecule has 0 atom stereocenters. The fourth-order valence-corrected chi connectivity index (χ4v) is 12.4. The van der Waals surface area contributed by atoms with Crippen LogP contribution in [-0.2, 0) is 5.41 Å². The molecule has 2 nitrogen and oxygen atoms in total. The van der Waals surface area contributed by atoms with Gasteiger partial charge in [-0.05, 0) is 149 Å². The molecule has 0 amide bonds. The Morgan fingerprint density at radius 3 is 1.09 bits per heavy atom. The molecule has 0 spiro atoms. The van der Waals surface area contributed by atoms with Crippen LogP contribution in [0.5, 0.6) is 0 Å². The second-order valence-corrected chi connectivity index (χ2v) is 21.4. The first-order valence-corrected chi connectivity index (χ1v) is 26.8. The molecule has 1 aliphatic carbocycles. The van der Waals surface area contributed by atoms with Crippen molar-refractivity contribution < 1.29 is 0 Å². The number of fused-ring (bicyclic) bond motifs is 11. The van der Waals surface area contributed by atoms with Gasteiger partial charge in [0.2, 0.25) is 0 Å². The van der Waals surface area contributed by atoms with Gasteiger partial charge in [-0.2, -0.15) is 0 Å². The molecule has 0 fully saturated rings. The normalized spacial score (nSPS) is 13.1. The largest absolute Gasteiger partial charge is 0.309 e. The summed E-state index contributed by atoms with van der Waals surface area (Å²) < 4.78 is 4.80. The molecule has 15 rings (SSSR count). The van der Waals surface area contributed by atoms with Crippen LogP contribution in [0.2, 0.25) is 0 Å². The highest BCUT2D eigenvalue weighted by Gasteiger charge is 2.35. The molecule has 0 saturated heterocycles. The second-order valence-electron chi connectivity index (χ2n) is 21.4. The van der Waals surface area contributed by atoms with E-state index in [1.807, 2.05) is 0 Å². The highest BCUT2D eigenvalue weighted by molar-refractivity contribution is 6.12. The van der Waals surface area contributed by atoms with Crippen molar-refractivity contribution in [3.63, 3.8) is 0 Å². The van der Waals surface area contributed by atoms with Crippen LogP contribution < -0.4 is 0 Å². The Labute approximate surface area is 448 Å². The average molecular weight is 981 g/mol. The van der Waals surface area contributed by atoms with Gasteiger partial charge in [0.05, 0.1) is 22.1 Å². The maximum absolute atomic E-state index is 2.40. The van der Waals surface area contributed by atoms with Crippen molar-refractivity contribution in [3.8, 4) is 44.8 Å². The quantitative estimate of drug-likeness (QED) is 0.134. The molecule has 0 aliphatic heterocycles. The maximum atomic E-state index is 2.40. The van der Waals surface area contributed by atoms with E-state index in [-0.39, 0.29) is 5.41 Å². The lowest BCUT2D eigenvalue weighted by Crippen LogP contribution is -2.15. The van der Waals surface area contributed by atoms with Crippen molar-refractivity contribution in [2.45, 2.75) is 19.3 Å². The molecule has 0 unspecified atom stereocenters. The zero-order valence-electron chi connectivity index (χ0n) is 43.0. The SMILES string of the molecule is CC1(C)c2cc(/C=C/c3ccc(-c4ccc5c(c4)c4ccccc4n5-c4ccc5ccccc5c4)cc3)ccc2-c2ccc(/C=C/c3ccc(-c4ccc5c(c4)c4ccccc4n5-c4ccc5ccccc5c4)cc3)cc21. The van der Waals surface area contributed by atoms with E-state index in [2.05, 4.69) is 302 Å². The molecule has 0 saturated carbocycles. The molecule has 1 aliphatic rings. The lowest BCUT2D eigenvalue weighted by Gasteiger charge is -2.22. The van der Waals surface area contributed by atoms with Crippen molar-refractivity contribution in [1.29, 1.82) is 0 Å². The molecule has 77 heavy (non-hydrogen) atoms. The third-order valence-corrected chi connectivity index (χ3v) is 16.5. The van der Waals surface area contributed by atoms with E-state index in [0.29, 0.717) is 0 Å². The van der Waals surface area contributed by atoms with Gasteiger partial charge in [-0.15, -0.1) is 0 Å². The Kier molecular flexibility index (Phi) is 10.3. The van der Waals surface area contributed by atoms with Crippen LogP contribution in [0.4, 0.5) is 0 Å². The third-order valence-electron chi connectivity index (χ3n) is 16.5. The van der Waals surface area contributed by atoms with E-state index in [1.165, 1.54) is 143 Å². The summed E-state index contributed by atoms with van der Waals surface area (Å²) in [6, 6.07) is 93.9. The van der Waals surface area contributed by atoms with Crippen LogP contribution in [-0.4, -0.2) is 9.13 Å². The molecular formula is C75H52N2. The summed E-state index contributed by atoms with van der Waals surface area (Å²) in [6.07, 6.45) is 8.99. The predicted molar refractivity (Wildman–Crippen MR) is 329 cm³/mol. The second kappa shape index (κ2) is 17.7. The molecule has 0 bridgehead atoms. The van der Waals surface area contributed by atoms with Crippen molar-refractivity contribution in [2.75, 3.05) is 0 Å². The van der Waals surface area contributed by atoms with Crippen molar-refractivity contribution in [3.05, 3.63) is 288 Å². The average Bonchev–Trinajstić information content (AvgIpc) is 4.20. The Balaban J connectivity index is 0.645. The lowest BCUT2D eigenvalue weighted by molar-refractivity contribution is 0.660. The van der Waals surface area contributed by atoms with Gasteiger partial charge >= 0.3 is 0 Å². The predicted octanol–water partition coefficient (Wildman–Crippen LogP) is 20.2. The van der Waals surface area contributed by atoms with E-state index in [0.717, 1.165) is 0 Å². The van der Waals surface area contributed by atoms with Crippen molar-refractivity contribution in [2.24, 2.45) is 0 Å². The molecule has 2 aromatic heterocycles. The van der Waals surface area contributed by atoms with E-state index >= 15 is 0 Å². The first-order chi connectivity index (χ1) is 37.9. The number of hydrogen-bond donors (Lipinski definition) is 0. The summed E-state index contributed by atoms with van der Waals surface area (Å²) in [5.74, 6) is 0. The highest BCUT2D eigenvalue weighted by Crippen LogP contribution is 2.49. The molecule has 2 heteroatoms. The Morgan fingerprint density at radius 2 is 0.636 bits per heavy atom. The van der Waals surface area contributed by atoms with Crippen LogP contribution in [0.1, 0.15) is 47.2 Å². The minimum atomic E-state index is -0.132. The third kappa shape index (κ3) is 7.55. The fraction of sp³-hybridized carbons (Fsp3) is 0.0400. The number of aromatic nitrogens is 2. The number of hydrogen-bond acceptors (Lipinski definition) is 0. The van der Waals surface area contributed by atoms with Crippen LogP contribution in [0.3, 0.4) is 0 Å². The smallest absolute Gasteiger partial charge is 0.0541 e. The first kappa shape index (κ1) is 44.7. The van der Waals surface area contributed by atoms with Gasteiger partial charge in [-0.1, -0.05) is 232 Å². The van der Waals surface area contributed by atoms with E-state index < -0.39 is 0 Å². The van der Waals surface area contributed by atoms with Gasteiger partial charge in [0.15, 0.2) is 0 Å². The number of nitrogens with zero attached hydrogens (tertiary/aromatic N) is 2. The van der Waals surface area contributed by atoms with E-state index in [1.54, 1.807) is 0 Å². The van der Waals surface area contributed by atoms with Crippen LogP contribution in [0, 0.1) is 0 Å². The van der Waals surface area contributed by atoms with Gasteiger partial charge in [0, 0.05) is 38.3 Å². The molecule has 12 aromatic carbocycles. The van der Waals surface area contributed by atoms with E-state index in [9.17, 15) is 0 Å². The molecule has 362 valence electrons. The molecule has 0 radical (unpaired) electrons. The Morgan fingerprint density at radius 1 is 0.273 bits per heavy atom. The maximum Gasteiger partial charge on any atom is 0.0541 e. The minimum Gasteiger partial charge on any atom is -0.309 e. The lowest BCUT2D eigenvalue weighted by atomic mass is 9.81. The topological polar surface area (TPSA) is 9.86 Å². The minimum absolute atomic E-state index is 0.132. The molecule has 14 aromatic rings. The summed E-state index contributed by atoms with van der Waals surface area (Å²) in [6.45, 7) is 4.74. The Bertz CT molecular complexity index is 4440. The summed E-state index contributed by atoms with van der Waals surface area (Å²) in [5.41, 5.74) is 22.1. The van der Waals surface area contributed by atoms with Gasteiger partial charge in [0.1, 0.15) is 0 Å². The number of benzene rings is 12. The fourth-order valence-electron chi connectivity index (χ4n) is 12.4. The highest BCUT2D eigenvalue weighted by atomic mass is 15.0. The zero-order chi connectivity index (χ0) is 51.2. The van der Waals surface area contributed by atoms with Crippen LogP contribution >= 0.6 is 0 Å². The summed E-state index contributed by atoms with van der Waals surface area (Å²) in [7, 11) is 0. The zero-order valence-corrected chi connectivity index (χ0v) is 43.0. The van der Waals surface area contributed by atoms with Crippen molar-refractivity contribution in [1.82, 2.24) is 9.13 Å². The van der Waals surface area contributed by atoms with Gasteiger partial charge in [0.25, 0.3) is 0 Å². The summed E-state index contributed by atoms with van der Waals surface area (Å²) in [5, 5.41) is 10.0. The van der Waals surface area contributed by atoms with Gasteiger partial charge < -0.3 is 9.13 Å². The standard InChI is InChI=1S/C75H52N2/c1-75(2)69-43-51(21-19-49-23-29-55(30-24-49)59-35-41-73-67(47-59)65-15-7-9-17-71(65)76(73)61-37-33-53-11-3-5-13-57(53)45-61)27-39-63(69)64-40-28-52(44-70(64)75)22-20-50-25-31-56(32-26-50)60-36-42-74-68(48-60)66-16-8-10-18-72(66)77(74)62-38-34-54-12-4-6-14-58(54)46-62/h3-48H,1-2H3/b21-19+,22-20+.